The number of primary amides is 1. The van der Waals surface area contributed by atoms with Gasteiger partial charge in [0.15, 0.2) is 0 Å². The van der Waals surface area contributed by atoms with Crippen LogP contribution < -0.4 is 5.73 Å². The van der Waals surface area contributed by atoms with Gasteiger partial charge in [-0.05, 0) is 12.3 Å². The molecule has 88 valence electrons. The number of rotatable bonds is 7. The van der Waals surface area contributed by atoms with E-state index >= 15 is 0 Å². The van der Waals surface area contributed by atoms with Crippen molar-refractivity contribution in [1.29, 1.82) is 0 Å². The van der Waals surface area contributed by atoms with Crippen LogP contribution in [0.2, 0.25) is 0 Å². The van der Waals surface area contributed by atoms with Gasteiger partial charge in [-0.3, -0.25) is 4.79 Å². The SMILES string of the molecule is CCCC(C(N)=O)=C(OC)OCC(C)C. The molecule has 0 aromatic carbocycles. The first-order valence-corrected chi connectivity index (χ1v) is 5.22. The highest BCUT2D eigenvalue weighted by molar-refractivity contribution is 5.92. The first-order valence-electron chi connectivity index (χ1n) is 5.22. The summed E-state index contributed by atoms with van der Waals surface area (Å²) in [5.41, 5.74) is 5.68. The largest absolute Gasteiger partial charge is 0.468 e. The molecule has 4 heteroatoms. The molecule has 0 spiro atoms. The number of carbonyl (C=O) groups excluding carboxylic acids is 1. The number of hydrogen-bond acceptors (Lipinski definition) is 3. The fourth-order valence-corrected chi connectivity index (χ4v) is 1.09. The van der Waals surface area contributed by atoms with Gasteiger partial charge in [0.25, 0.3) is 11.9 Å². The molecule has 0 atom stereocenters. The van der Waals surface area contributed by atoms with Gasteiger partial charge in [-0.15, -0.1) is 0 Å². The maximum absolute atomic E-state index is 11.1. The third-order valence-electron chi connectivity index (χ3n) is 1.78. The molecule has 0 aliphatic heterocycles. The molecular weight excluding hydrogens is 194 g/mol. The topological polar surface area (TPSA) is 61.6 Å². The number of nitrogens with two attached hydrogens (primary N) is 1. The van der Waals surface area contributed by atoms with Crippen molar-refractivity contribution < 1.29 is 14.3 Å². The summed E-state index contributed by atoms with van der Waals surface area (Å²) >= 11 is 0. The summed E-state index contributed by atoms with van der Waals surface area (Å²) in [6.07, 6.45) is 1.41. The van der Waals surface area contributed by atoms with E-state index in [1.165, 1.54) is 7.11 Å². The number of methoxy groups -OCH3 is 1. The summed E-state index contributed by atoms with van der Waals surface area (Å²) in [5.74, 6) is 0.168. The number of amides is 1. The zero-order valence-electron chi connectivity index (χ0n) is 10.0. The van der Waals surface area contributed by atoms with Crippen molar-refractivity contribution in [3.05, 3.63) is 11.5 Å². The lowest BCUT2D eigenvalue weighted by atomic mass is 10.1. The van der Waals surface area contributed by atoms with Crippen LogP contribution in [0.3, 0.4) is 0 Å². The summed E-state index contributed by atoms with van der Waals surface area (Å²) in [6, 6.07) is 0. The molecule has 0 saturated heterocycles. The Morgan fingerprint density at radius 3 is 2.33 bits per heavy atom. The minimum Gasteiger partial charge on any atom is -0.468 e. The zero-order valence-corrected chi connectivity index (χ0v) is 10.0. The minimum atomic E-state index is -0.475. The second kappa shape index (κ2) is 7.15. The van der Waals surface area contributed by atoms with Crippen molar-refractivity contribution in [2.75, 3.05) is 13.7 Å². The lowest BCUT2D eigenvalue weighted by molar-refractivity contribution is -0.115. The lowest BCUT2D eigenvalue weighted by Crippen LogP contribution is -2.18. The molecule has 0 rings (SSSR count). The molecule has 4 nitrogen and oxygen atoms in total. The molecule has 0 aliphatic rings. The van der Waals surface area contributed by atoms with E-state index in [2.05, 4.69) is 0 Å². The van der Waals surface area contributed by atoms with Gasteiger partial charge >= 0.3 is 0 Å². The van der Waals surface area contributed by atoms with Gasteiger partial charge in [0.1, 0.15) is 0 Å². The Bertz CT molecular complexity index is 234. The fourth-order valence-electron chi connectivity index (χ4n) is 1.09. The molecule has 1 amide bonds. The summed E-state index contributed by atoms with van der Waals surface area (Å²) in [4.78, 5) is 11.1. The predicted octanol–water partition coefficient (Wildman–Crippen LogP) is 1.80. The summed E-state index contributed by atoms with van der Waals surface area (Å²) in [5, 5.41) is 0. The van der Waals surface area contributed by atoms with E-state index in [4.69, 9.17) is 15.2 Å². The normalized spacial score (nSPS) is 12.3. The molecule has 0 aromatic heterocycles. The standard InChI is InChI=1S/C11H21NO3/c1-5-6-9(10(12)13)11(14-4)15-7-8(2)3/h8H,5-7H2,1-4H3,(H2,12,13). The second-order valence-corrected chi connectivity index (χ2v) is 3.79. The molecule has 15 heavy (non-hydrogen) atoms. The molecule has 0 saturated carbocycles. The van der Waals surface area contributed by atoms with Crippen molar-refractivity contribution in [2.24, 2.45) is 11.7 Å². The van der Waals surface area contributed by atoms with Gasteiger partial charge in [0, 0.05) is 0 Å². The van der Waals surface area contributed by atoms with E-state index < -0.39 is 5.91 Å². The monoisotopic (exact) mass is 215 g/mol. The molecule has 0 bridgehead atoms. The Kier molecular flexibility index (Phi) is 6.58. The van der Waals surface area contributed by atoms with Gasteiger partial charge in [0.2, 0.25) is 0 Å². The van der Waals surface area contributed by atoms with E-state index in [0.717, 1.165) is 6.42 Å². The summed E-state index contributed by atoms with van der Waals surface area (Å²) < 4.78 is 10.4. The molecule has 0 aliphatic carbocycles. The zero-order chi connectivity index (χ0) is 11.8. The Morgan fingerprint density at radius 1 is 1.40 bits per heavy atom. The Balaban J connectivity index is 4.63. The van der Waals surface area contributed by atoms with E-state index in [0.29, 0.717) is 24.5 Å². The number of hydrogen-bond donors (Lipinski definition) is 1. The highest BCUT2D eigenvalue weighted by Crippen LogP contribution is 2.14. The first-order chi connectivity index (χ1) is 7.02. The molecule has 0 aromatic rings. The molecule has 2 N–H and O–H groups in total. The van der Waals surface area contributed by atoms with Crippen molar-refractivity contribution in [2.45, 2.75) is 33.6 Å². The Labute approximate surface area is 91.4 Å². The third-order valence-corrected chi connectivity index (χ3v) is 1.78. The van der Waals surface area contributed by atoms with Gasteiger partial charge in [-0.2, -0.15) is 0 Å². The predicted molar refractivity (Wildman–Crippen MR) is 58.9 cm³/mol. The average molecular weight is 215 g/mol. The maximum atomic E-state index is 11.1. The van der Waals surface area contributed by atoms with Gasteiger partial charge in [-0.25, -0.2) is 0 Å². The van der Waals surface area contributed by atoms with Crippen molar-refractivity contribution in [3.63, 3.8) is 0 Å². The van der Waals surface area contributed by atoms with E-state index in [1.54, 1.807) is 0 Å². The molecular formula is C11H21NO3. The van der Waals surface area contributed by atoms with Crippen LogP contribution in [0.5, 0.6) is 0 Å². The maximum Gasteiger partial charge on any atom is 0.287 e. The molecule has 0 fully saturated rings. The van der Waals surface area contributed by atoms with Crippen molar-refractivity contribution in [1.82, 2.24) is 0 Å². The van der Waals surface area contributed by atoms with E-state index in [1.807, 2.05) is 20.8 Å². The van der Waals surface area contributed by atoms with E-state index in [9.17, 15) is 4.79 Å². The highest BCUT2D eigenvalue weighted by Gasteiger charge is 2.14. The highest BCUT2D eigenvalue weighted by atomic mass is 16.7. The van der Waals surface area contributed by atoms with Gasteiger partial charge in [-0.1, -0.05) is 27.2 Å². The smallest absolute Gasteiger partial charge is 0.287 e. The van der Waals surface area contributed by atoms with Crippen LogP contribution in [0.4, 0.5) is 0 Å². The quantitative estimate of drug-likeness (QED) is 0.520. The summed E-state index contributed by atoms with van der Waals surface area (Å²) in [6.45, 7) is 6.54. The Morgan fingerprint density at radius 2 is 2.00 bits per heavy atom. The van der Waals surface area contributed by atoms with Crippen LogP contribution in [0.1, 0.15) is 33.6 Å². The molecule has 0 radical (unpaired) electrons. The van der Waals surface area contributed by atoms with Gasteiger partial charge < -0.3 is 15.2 Å². The summed E-state index contributed by atoms with van der Waals surface area (Å²) in [7, 11) is 1.48. The minimum absolute atomic E-state index is 0.262. The van der Waals surface area contributed by atoms with Crippen LogP contribution in [-0.4, -0.2) is 19.6 Å². The molecule has 0 unspecified atom stereocenters. The molecule has 0 heterocycles. The Hall–Kier alpha value is -1.19. The van der Waals surface area contributed by atoms with Crippen molar-refractivity contribution >= 4 is 5.91 Å². The van der Waals surface area contributed by atoms with Crippen LogP contribution in [0.15, 0.2) is 11.5 Å². The van der Waals surface area contributed by atoms with Crippen molar-refractivity contribution in [3.8, 4) is 0 Å². The van der Waals surface area contributed by atoms with Crippen LogP contribution in [0.25, 0.3) is 0 Å². The third kappa shape index (κ3) is 5.30. The second-order valence-electron chi connectivity index (χ2n) is 3.79. The number of carbonyl (C=O) groups is 1. The first kappa shape index (κ1) is 13.8. The van der Waals surface area contributed by atoms with Crippen LogP contribution in [-0.2, 0) is 14.3 Å². The fraction of sp³-hybridized carbons (Fsp3) is 0.727. The lowest BCUT2D eigenvalue weighted by Gasteiger charge is -2.14. The average Bonchev–Trinajstić information content (AvgIpc) is 2.16. The number of ether oxygens (including phenoxy) is 2. The van der Waals surface area contributed by atoms with Gasteiger partial charge in [0.05, 0.1) is 19.3 Å². The van der Waals surface area contributed by atoms with Crippen LogP contribution in [0, 0.1) is 5.92 Å². The van der Waals surface area contributed by atoms with E-state index in [-0.39, 0.29) is 5.95 Å². The van der Waals surface area contributed by atoms with Crippen LogP contribution >= 0.6 is 0 Å².